The van der Waals surface area contributed by atoms with Gasteiger partial charge >= 0.3 is 0 Å². The number of halogens is 1. The van der Waals surface area contributed by atoms with E-state index in [9.17, 15) is 9.18 Å². The van der Waals surface area contributed by atoms with E-state index in [1.165, 1.54) is 6.08 Å². The molecule has 78 valence electrons. The molecule has 0 amide bonds. The second-order valence-electron chi connectivity index (χ2n) is 3.94. The number of ketones is 1. The number of rotatable bonds is 2. The Hall–Kier alpha value is -1.44. The number of Topliss-reactive ketones (excluding diaryl/α,β-unsaturated/α-hetero) is 1. The molecule has 1 aliphatic carbocycles. The molecule has 15 heavy (non-hydrogen) atoms. The maximum absolute atomic E-state index is 14.2. The zero-order valence-corrected chi connectivity index (χ0v) is 8.50. The van der Waals surface area contributed by atoms with Gasteiger partial charge in [-0.2, -0.15) is 0 Å². The quantitative estimate of drug-likeness (QED) is 0.676. The van der Waals surface area contributed by atoms with Crippen molar-refractivity contribution in [2.75, 3.05) is 0 Å². The van der Waals surface area contributed by atoms with E-state index < -0.39 is 5.67 Å². The number of fused-ring (bicyclic) bond motifs is 1. The van der Waals surface area contributed by atoms with Crippen molar-refractivity contribution in [3.05, 3.63) is 48.0 Å². The topological polar surface area (TPSA) is 17.1 Å². The van der Waals surface area contributed by atoms with E-state index in [-0.39, 0.29) is 18.6 Å². The second-order valence-corrected chi connectivity index (χ2v) is 3.94. The molecule has 0 bridgehead atoms. The van der Waals surface area contributed by atoms with Crippen molar-refractivity contribution in [2.45, 2.75) is 24.9 Å². The lowest BCUT2D eigenvalue weighted by atomic mass is 9.79. The molecule has 1 aromatic carbocycles. The minimum absolute atomic E-state index is 0.111. The molecule has 0 heterocycles. The van der Waals surface area contributed by atoms with Crippen LogP contribution in [0.1, 0.15) is 28.8 Å². The fourth-order valence-electron chi connectivity index (χ4n) is 2.07. The number of alkyl halides is 1. The third kappa shape index (κ3) is 1.60. The SMILES string of the molecule is C=CC[C@]1(F)CCc2ccccc2C1=O. The van der Waals surface area contributed by atoms with Crippen LogP contribution < -0.4 is 0 Å². The molecule has 0 spiro atoms. The largest absolute Gasteiger partial charge is 0.291 e. The highest BCUT2D eigenvalue weighted by Gasteiger charge is 2.41. The Morgan fingerprint density at radius 2 is 2.20 bits per heavy atom. The fourth-order valence-corrected chi connectivity index (χ4v) is 2.07. The standard InChI is InChI=1S/C13H13FO/c1-2-8-13(14)9-7-10-5-3-4-6-11(10)12(13)15/h2-6H,1,7-9H2/t13-/m0/s1. The Labute approximate surface area is 88.6 Å². The van der Waals surface area contributed by atoms with Gasteiger partial charge in [-0.15, -0.1) is 6.58 Å². The van der Waals surface area contributed by atoms with Crippen LogP contribution >= 0.6 is 0 Å². The van der Waals surface area contributed by atoms with Crippen LogP contribution in [0.4, 0.5) is 4.39 Å². The lowest BCUT2D eigenvalue weighted by Gasteiger charge is -2.28. The summed E-state index contributed by atoms with van der Waals surface area (Å²) in [7, 11) is 0. The Kier molecular flexibility index (Phi) is 2.43. The van der Waals surface area contributed by atoms with E-state index in [0.717, 1.165) is 5.56 Å². The maximum atomic E-state index is 14.2. The number of carbonyl (C=O) groups excluding carboxylic acids is 1. The normalized spacial score (nSPS) is 24.7. The lowest BCUT2D eigenvalue weighted by Crippen LogP contribution is -2.38. The van der Waals surface area contributed by atoms with Crippen molar-refractivity contribution in [3.63, 3.8) is 0 Å². The van der Waals surface area contributed by atoms with Gasteiger partial charge in [0, 0.05) is 12.0 Å². The van der Waals surface area contributed by atoms with Gasteiger partial charge in [0.15, 0.2) is 5.67 Å². The highest BCUT2D eigenvalue weighted by atomic mass is 19.1. The van der Waals surface area contributed by atoms with Crippen LogP contribution in [0.2, 0.25) is 0 Å². The molecular weight excluding hydrogens is 191 g/mol. The van der Waals surface area contributed by atoms with Crippen molar-refractivity contribution in [1.82, 2.24) is 0 Å². The van der Waals surface area contributed by atoms with E-state index >= 15 is 0 Å². The van der Waals surface area contributed by atoms with Gasteiger partial charge < -0.3 is 0 Å². The first-order valence-electron chi connectivity index (χ1n) is 5.10. The minimum Gasteiger partial charge on any atom is -0.291 e. The molecule has 1 aromatic rings. The Morgan fingerprint density at radius 1 is 1.47 bits per heavy atom. The van der Waals surface area contributed by atoms with Gasteiger partial charge in [0.2, 0.25) is 5.78 Å². The van der Waals surface area contributed by atoms with Gasteiger partial charge in [0.25, 0.3) is 0 Å². The number of carbonyl (C=O) groups is 1. The Balaban J connectivity index is 2.41. The third-order valence-electron chi connectivity index (χ3n) is 2.93. The highest BCUT2D eigenvalue weighted by molar-refractivity contribution is 6.04. The molecule has 1 aliphatic rings. The average Bonchev–Trinajstić information content (AvgIpc) is 2.25. The first-order valence-corrected chi connectivity index (χ1v) is 5.10. The summed E-state index contributed by atoms with van der Waals surface area (Å²) in [5.74, 6) is -0.385. The molecular formula is C13H13FO. The zero-order chi connectivity index (χ0) is 10.9. The van der Waals surface area contributed by atoms with Crippen LogP contribution in [0.15, 0.2) is 36.9 Å². The van der Waals surface area contributed by atoms with Gasteiger partial charge in [-0.3, -0.25) is 4.79 Å². The van der Waals surface area contributed by atoms with Crippen molar-refractivity contribution in [2.24, 2.45) is 0 Å². The van der Waals surface area contributed by atoms with Gasteiger partial charge in [0.1, 0.15) is 0 Å². The van der Waals surface area contributed by atoms with Crippen LogP contribution in [0.3, 0.4) is 0 Å². The molecule has 1 atom stereocenters. The predicted molar refractivity (Wildman–Crippen MR) is 57.7 cm³/mol. The first-order chi connectivity index (χ1) is 7.17. The first kappa shape index (κ1) is 10.1. The van der Waals surface area contributed by atoms with Gasteiger partial charge in [0.05, 0.1) is 0 Å². The second kappa shape index (κ2) is 3.61. The molecule has 1 nitrogen and oxygen atoms in total. The Bertz CT molecular complexity index is 411. The monoisotopic (exact) mass is 204 g/mol. The third-order valence-corrected chi connectivity index (χ3v) is 2.93. The molecule has 0 fully saturated rings. The molecule has 0 unspecified atom stereocenters. The van der Waals surface area contributed by atoms with E-state index in [2.05, 4.69) is 6.58 Å². The van der Waals surface area contributed by atoms with Crippen LogP contribution in [0.5, 0.6) is 0 Å². The molecule has 0 N–H and O–H groups in total. The molecule has 0 aromatic heterocycles. The van der Waals surface area contributed by atoms with E-state index in [4.69, 9.17) is 0 Å². The van der Waals surface area contributed by atoms with Gasteiger partial charge in [-0.25, -0.2) is 4.39 Å². The number of aryl methyl sites for hydroxylation is 1. The summed E-state index contributed by atoms with van der Waals surface area (Å²) in [4.78, 5) is 11.9. The van der Waals surface area contributed by atoms with Crippen LogP contribution in [0.25, 0.3) is 0 Å². The van der Waals surface area contributed by atoms with Crippen LogP contribution in [-0.2, 0) is 6.42 Å². The summed E-state index contributed by atoms with van der Waals surface area (Å²) in [5, 5.41) is 0. The van der Waals surface area contributed by atoms with Crippen LogP contribution in [0, 0.1) is 0 Å². The summed E-state index contributed by atoms with van der Waals surface area (Å²) >= 11 is 0. The zero-order valence-electron chi connectivity index (χ0n) is 8.50. The molecule has 2 heteroatoms. The molecule has 0 aliphatic heterocycles. The highest BCUT2D eigenvalue weighted by Crippen LogP contribution is 2.34. The summed E-state index contributed by atoms with van der Waals surface area (Å²) in [5.41, 5.74) is -0.233. The molecule has 0 saturated heterocycles. The van der Waals surface area contributed by atoms with Crippen LogP contribution in [-0.4, -0.2) is 11.5 Å². The smallest absolute Gasteiger partial charge is 0.200 e. The number of hydrogen-bond donors (Lipinski definition) is 0. The predicted octanol–water partition coefficient (Wildman–Crippen LogP) is 3.10. The summed E-state index contributed by atoms with van der Waals surface area (Å²) < 4.78 is 14.2. The lowest BCUT2D eigenvalue weighted by molar-refractivity contribution is 0.0644. The number of allylic oxidation sites excluding steroid dienone is 1. The van der Waals surface area contributed by atoms with Gasteiger partial charge in [-0.1, -0.05) is 30.3 Å². The summed E-state index contributed by atoms with van der Waals surface area (Å²) in [6, 6.07) is 7.25. The van der Waals surface area contributed by atoms with E-state index in [1.54, 1.807) is 12.1 Å². The Morgan fingerprint density at radius 3 is 2.93 bits per heavy atom. The minimum atomic E-state index is -1.73. The molecule has 2 rings (SSSR count). The van der Waals surface area contributed by atoms with Crippen molar-refractivity contribution >= 4 is 5.78 Å². The van der Waals surface area contributed by atoms with Crippen molar-refractivity contribution < 1.29 is 9.18 Å². The number of benzene rings is 1. The van der Waals surface area contributed by atoms with E-state index in [0.29, 0.717) is 12.0 Å². The summed E-state index contributed by atoms with van der Waals surface area (Å²) in [6.07, 6.45) is 2.49. The fraction of sp³-hybridized carbons (Fsp3) is 0.308. The van der Waals surface area contributed by atoms with E-state index in [1.807, 2.05) is 12.1 Å². The maximum Gasteiger partial charge on any atom is 0.200 e. The van der Waals surface area contributed by atoms with Crippen molar-refractivity contribution in [3.8, 4) is 0 Å². The number of hydrogen-bond acceptors (Lipinski definition) is 1. The van der Waals surface area contributed by atoms with Gasteiger partial charge in [-0.05, 0) is 18.4 Å². The molecule has 0 radical (unpaired) electrons. The summed E-state index contributed by atoms with van der Waals surface area (Å²) in [6.45, 7) is 3.50. The molecule has 0 saturated carbocycles. The average molecular weight is 204 g/mol. The van der Waals surface area contributed by atoms with Crippen molar-refractivity contribution in [1.29, 1.82) is 0 Å².